The lowest BCUT2D eigenvalue weighted by Gasteiger charge is -2.30. The standard InChI is InChI=1S/C49H52F2N4O5S2/c1-31-45(47(33-11-17-37(18-12-33)61(3,57)58)39-27-35(15-21-43(39)52-31)54-23-7-5-8-24-54)41(29-50)49(56)42(30-51)46-32(2)53-44-22-16-36(55-25-9-6-10-26-55)28-40(44)48(46)34-13-19-38(20-14-34)62(4,59)60/h11-22,27-28,41-42H,5-10,23-26,29-30H2,1-4H3. The number of alkyl halides is 2. The first-order chi connectivity index (χ1) is 29.7. The number of halogens is 2. The molecule has 2 fully saturated rings. The van der Waals surface area contributed by atoms with Crippen LogP contribution in [0.15, 0.2) is 94.7 Å². The van der Waals surface area contributed by atoms with Crippen molar-refractivity contribution in [2.45, 2.75) is 74.0 Å². The van der Waals surface area contributed by atoms with Crippen LogP contribution in [-0.4, -0.2) is 84.6 Å². The third-order valence-electron chi connectivity index (χ3n) is 12.7. The first-order valence-electron chi connectivity index (χ1n) is 21.3. The molecule has 9 nitrogen and oxygen atoms in total. The van der Waals surface area contributed by atoms with Gasteiger partial charge in [0, 0.05) is 72.2 Å². The number of sulfone groups is 2. The topological polar surface area (TPSA) is 118 Å². The van der Waals surface area contributed by atoms with Gasteiger partial charge in [-0.25, -0.2) is 25.6 Å². The second kappa shape index (κ2) is 17.5. The zero-order valence-corrected chi connectivity index (χ0v) is 37.3. The van der Waals surface area contributed by atoms with Crippen LogP contribution in [0.2, 0.25) is 0 Å². The Labute approximate surface area is 363 Å². The molecule has 6 aromatic rings. The van der Waals surface area contributed by atoms with E-state index in [1.54, 1.807) is 38.1 Å². The fraction of sp³-hybridized carbons (Fsp3) is 0.367. The maximum absolute atomic E-state index is 16.1. The number of benzene rings is 4. The van der Waals surface area contributed by atoms with Gasteiger partial charge in [0.1, 0.15) is 13.3 Å². The second-order valence-corrected chi connectivity index (χ2v) is 20.9. The summed E-state index contributed by atoms with van der Waals surface area (Å²) in [5, 5.41) is 1.34. The highest BCUT2D eigenvalue weighted by Crippen LogP contribution is 2.45. The summed E-state index contributed by atoms with van der Waals surface area (Å²) in [4.78, 5) is 30.0. The molecule has 4 aromatic carbocycles. The lowest BCUT2D eigenvalue weighted by molar-refractivity contribution is -0.122. The number of ketones is 1. The van der Waals surface area contributed by atoms with Crippen molar-refractivity contribution in [1.29, 1.82) is 0 Å². The molecule has 0 spiro atoms. The number of nitrogens with zero attached hydrogens (tertiary/aromatic N) is 4. The number of hydrogen-bond donors (Lipinski definition) is 0. The van der Waals surface area contributed by atoms with E-state index in [2.05, 4.69) is 9.80 Å². The van der Waals surface area contributed by atoms with Crippen molar-refractivity contribution in [3.05, 3.63) is 107 Å². The van der Waals surface area contributed by atoms with Gasteiger partial charge in [0.15, 0.2) is 25.5 Å². The SMILES string of the molecule is Cc1nc2ccc(N3CCCCC3)cc2c(-c2ccc(S(C)(=O)=O)cc2)c1C(CF)C(=O)C(CF)c1c(C)nc2ccc(N3CCCCC3)cc2c1-c1ccc(S(C)(=O)=O)cc1. The van der Waals surface area contributed by atoms with Crippen molar-refractivity contribution in [2.24, 2.45) is 0 Å². The zero-order chi connectivity index (χ0) is 43.9. The van der Waals surface area contributed by atoms with E-state index < -0.39 is 50.6 Å². The quantitative estimate of drug-likeness (QED) is 0.118. The van der Waals surface area contributed by atoms with Crippen LogP contribution in [-0.2, 0) is 24.5 Å². The molecule has 324 valence electrons. The van der Waals surface area contributed by atoms with E-state index >= 15 is 13.6 Å². The van der Waals surface area contributed by atoms with Crippen molar-refractivity contribution >= 4 is 58.6 Å². The first-order valence-corrected chi connectivity index (χ1v) is 25.1. The number of hydrogen-bond acceptors (Lipinski definition) is 9. The van der Waals surface area contributed by atoms with E-state index in [9.17, 15) is 16.8 Å². The van der Waals surface area contributed by atoms with Crippen molar-refractivity contribution in [1.82, 2.24) is 9.97 Å². The molecule has 0 bridgehead atoms. The van der Waals surface area contributed by atoms with Gasteiger partial charge < -0.3 is 9.80 Å². The number of anilines is 2. The van der Waals surface area contributed by atoms with E-state index in [1.165, 1.54) is 24.3 Å². The Bertz CT molecular complexity index is 2700. The van der Waals surface area contributed by atoms with E-state index in [0.29, 0.717) is 66.6 Å². The summed E-state index contributed by atoms with van der Waals surface area (Å²) in [6.07, 6.45) is 8.73. The number of piperidine rings is 2. The molecule has 2 aromatic heterocycles. The molecule has 0 aliphatic carbocycles. The molecule has 62 heavy (non-hydrogen) atoms. The Morgan fingerprint density at radius 2 is 0.919 bits per heavy atom. The zero-order valence-electron chi connectivity index (χ0n) is 35.6. The molecular weight excluding hydrogens is 827 g/mol. The Hall–Kier alpha value is -5.27. The van der Waals surface area contributed by atoms with Gasteiger partial charge in [-0.2, -0.15) is 0 Å². The molecule has 2 aliphatic heterocycles. The number of aromatic nitrogens is 2. The second-order valence-electron chi connectivity index (χ2n) is 16.9. The molecule has 0 amide bonds. The van der Waals surface area contributed by atoms with E-state index in [1.807, 2.05) is 36.4 Å². The molecule has 4 heterocycles. The maximum Gasteiger partial charge on any atom is 0.175 e. The van der Waals surface area contributed by atoms with Crippen LogP contribution >= 0.6 is 0 Å². The van der Waals surface area contributed by atoms with Gasteiger partial charge >= 0.3 is 0 Å². The Morgan fingerprint density at radius 1 is 0.565 bits per heavy atom. The van der Waals surface area contributed by atoms with E-state index in [-0.39, 0.29) is 9.79 Å². The van der Waals surface area contributed by atoms with Crippen LogP contribution in [0.1, 0.15) is 72.9 Å². The van der Waals surface area contributed by atoms with Crippen molar-refractivity contribution in [3.63, 3.8) is 0 Å². The fourth-order valence-electron chi connectivity index (χ4n) is 9.52. The largest absolute Gasteiger partial charge is 0.372 e. The van der Waals surface area contributed by atoms with Crippen LogP contribution < -0.4 is 9.80 Å². The third-order valence-corrected chi connectivity index (χ3v) is 14.9. The van der Waals surface area contributed by atoms with Crippen LogP contribution in [0, 0.1) is 13.8 Å². The summed E-state index contributed by atoms with van der Waals surface area (Å²) in [6.45, 7) is 4.64. The fourth-order valence-corrected chi connectivity index (χ4v) is 10.8. The average Bonchev–Trinajstić information content (AvgIpc) is 3.27. The van der Waals surface area contributed by atoms with Gasteiger partial charge in [0.05, 0.1) is 32.7 Å². The van der Waals surface area contributed by atoms with Gasteiger partial charge in [0.2, 0.25) is 0 Å². The predicted molar refractivity (Wildman–Crippen MR) is 245 cm³/mol. The van der Waals surface area contributed by atoms with Crippen molar-refractivity contribution in [3.8, 4) is 22.3 Å². The lowest BCUT2D eigenvalue weighted by atomic mass is 9.78. The van der Waals surface area contributed by atoms with Crippen molar-refractivity contribution in [2.75, 3.05) is 61.8 Å². The Morgan fingerprint density at radius 3 is 1.24 bits per heavy atom. The number of carbonyl (C=O) groups excluding carboxylic acids is 1. The van der Waals surface area contributed by atoms with Crippen LogP contribution in [0.25, 0.3) is 44.1 Å². The number of Topliss-reactive ketones (excluding diaryl/α,β-unsaturated/α-hetero) is 1. The highest BCUT2D eigenvalue weighted by atomic mass is 32.2. The van der Waals surface area contributed by atoms with Crippen LogP contribution in [0.3, 0.4) is 0 Å². The molecule has 2 saturated heterocycles. The predicted octanol–water partition coefficient (Wildman–Crippen LogP) is 9.90. The minimum Gasteiger partial charge on any atom is -0.372 e. The monoisotopic (exact) mass is 878 g/mol. The molecule has 0 saturated carbocycles. The highest BCUT2D eigenvalue weighted by molar-refractivity contribution is 7.91. The summed E-state index contributed by atoms with van der Waals surface area (Å²) in [5.41, 5.74) is 6.80. The van der Waals surface area contributed by atoms with Gasteiger partial charge in [-0.05, 0) is 146 Å². The van der Waals surface area contributed by atoms with Crippen LogP contribution in [0.4, 0.5) is 20.2 Å². The molecule has 0 N–H and O–H groups in total. The number of fused-ring (bicyclic) bond motifs is 2. The first kappa shape index (κ1) is 43.4. The third kappa shape index (κ3) is 8.45. The number of rotatable bonds is 12. The smallest absolute Gasteiger partial charge is 0.175 e. The van der Waals surface area contributed by atoms with Gasteiger partial charge in [-0.1, -0.05) is 24.3 Å². The molecule has 2 aliphatic rings. The molecular formula is C49H52F2N4O5S2. The van der Waals surface area contributed by atoms with E-state index in [4.69, 9.17) is 9.97 Å². The number of pyridine rings is 2. The summed E-state index contributed by atoms with van der Waals surface area (Å²) < 4.78 is 82.4. The van der Waals surface area contributed by atoms with Gasteiger partial charge in [-0.3, -0.25) is 14.8 Å². The lowest BCUT2D eigenvalue weighted by Crippen LogP contribution is -2.29. The number of aryl methyl sites for hydroxylation is 2. The Balaban J connectivity index is 1.34. The Kier molecular flexibility index (Phi) is 12.2. The van der Waals surface area contributed by atoms with Gasteiger partial charge in [0.25, 0.3) is 0 Å². The average molecular weight is 879 g/mol. The van der Waals surface area contributed by atoms with Crippen molar-refractivity contribution < 1.29 is 30.4 Å². The number of carbonyl (C=O) groups is 1. The summed E-state index contributed by atoms with van der Waals surface area (Å²) in [7, 11) is -7.09. The van der Waals surface area contributed by atoms with Crippen LogP contribution in [0.5, 0.6) is 0 Å². The molecule has 13 heteroatoms. The summed E-state index contributed by atoms with van der Waals surface area (Å²) in [6, 6.07) is 24.6. The summed E-state index contributed by atoms with van der Waals surface area (Å²) in [5.74, 6) is -3.62. The van der Waals surface area contributed by atoms with Gasteiger partial charge in [-0.15, -0.1) is 0 Å². The summed E-state index contributed by atoms with van der Waals surface area (Å²) >= 11 is 0. The molecule has 8 rings (SSSR count). The normalized spacial score (nSPS) is 16.2. The van der Waals surface area contributed by atoms with E-state index in [0.717, 1.165) is 88.6 Å². The highest BCUT2D eigenvalue weighted by Gasteiger charge is 2.37. The molecule has 2 unspecified atom stereocenters. The minimum atomic E-state index is -3.54. The molecule has 0 radical (unpaired) electrons. The minimum absolute atomic E-state index is 0.113. The maximum atomic E-state index is 16.1. The molecule has 2 atom stereocenters.